The van der Waals surface area contributed by atoms with Gasteiger partial charge in [-0.25, -0.2) is 4.68 Å². The second-order valence-electron chi connectivity index (χ2n) is 6.64. The van der Waals surface area contributed by atoms with Crippen molar-refractivity contribution in [3.8, 4) is 16.9 Å². The number of aromatic nitrogens is 2. The molecule has 0 radical (unpaired) electrons. The van der Waals surface area contributed by atoms with Gasteiger partial charge in [-0.05, 0) is 55.7 Å². The normalized spacial score (nSPS) is 14.3. The van der Waals surface area contributed by atoms with Crippen LogP contribution in [-0.4, -0.2) is 16.3 Å². The summed E-state index contributed by atoms with van der Waals surface area (Å²) in [6.07, 6.45) is -1.77. The highest BCUT2D eigenvalue weighted by Gasteiger charge is 2.31. The Hall–Kier alpha value is -2.18. The zero-order valence-electron chi connectivity index (χ0n) is 14.7. The summed E-state index contributed by atoms with van der Waals surface area (Å²) >= 11 is 12.5. The van der Waals surface area contributed by atoms with Crippen LogP contribution < -0.4 is 5.32 Å². The van der Waals surface area contributed by atoms with Gasteiger partial charge in [-0.15, -0.1) is 0 Å². The Morgan fingerprint density at radius 1 is 1.04 bits per heavy atom. The largest absolute Gasteiger partial charge is 0.416 e. The average Bonchev–Trinajstić information content (AvgIpc) is 2.84. The number of rotatable bonds is 2. The van der Waals surface area contributed by atoms with Gasteiger partial charge < -0.3 is 5.32 Å². The fourth-order valence-corrected chi connectivity index (χ4v) is 3.78. The summed E-state index contributed by atoms with van der Waals surface area (Å²) in [5.41, 5.74) is 1.85. The van der Waals surface area contributed by atoms with Crippen LogP contribution in [0, 0.1) is 0 Å². The molecule has 0 saturated carbocycles. The van der Waals surface area contributed by atoms with E-state index < -0.39 is 11.7 Å². The van der Waals surface area contributed by atoms with Crippen molar-refractivity contribution in [2.75, 3.05) is 11.9 Å². The highest BCUT2D eigenvalue weighted by atomic mass is 35.5. The summed E-state index contributed by atoms with van der Waals surface area (Å²) in [5.74, 6) is 0.697. The van der Waals surface area contributed by atoms with Crippen LogP contribution in [0.4, 0.5) is 19.0 Å². The zero-order valence-corrected chi connectivity index (χ0v) is 16.2. The van der Waals surface area contributed by atoms with Crippen LogP contribution in [0.3, 0.4) is 0 Å². The first-order valence-electron chi connectivity index (χ1n) is 8.83. The molecule has 0 aliphatic carbocycles. The highest BCUT2D eigenvalue weighted by molar-refractivity contribution is 6.35. The third kappa shape index (κ3) is 3.59. The molecule has 1 aliphatic rings. The molecule has 1 aromatic heterocycles. The van der Waals surface area contributed by atoms with Crippen molar-refractivity contribution in [3.63, 3.8) is 0 Å². The van der Waals surface area contributed by atoms with Crippen molar-refractivity contribution in [1.29, 1.82) is 0 Å². The Labute approximate surface area is 170 Å². The van der Waals surface area contributed by atoms with Crippen LogP contribution in [-0.2, 0) is 12.6 Å². The van der Waals surface area contributed by atoms with Crippen molar-refractivity contribution in [2.45, 2.75) is 25.4 Å². The molecule has 4 rings (SSSR count). The van der Waals surface area contributed by atoms with E-state index in [0.29, 0.717) is 32.8 Å². The molecule has 0 bridgehead atoms. The zero-order chi connectivity index (χ0) is 19.9. The van der Waals surface area contributed by atoms with Gasteiger partial charge in [0.2, 0.25) is 0 Å². The third-order valence-electron chi connectivity index (χ3n) is 4.73. The van der Waals surface area contributed by atoms with Crippen LogP contribution in [0.2, 0.25) is 10.0 Å². The molecule has 0 atom stereocenters. The number of nitrogens with zero attached hydrogens (tertiary/aromatic N) is 2. The lowest BCUT2D eigenvalue weighted by molar-refractivity contribution is -0.137. The second-order valence-corrected chi connectivity index (χ2v) is 7.49. The number of anilines is 1. The first-order valence-corrected chi connectivity index (χ1v) is 9.59. The SMILES string of the molecule is FC(F)(F)c1cccc(-n2nc(-c3cc(Cl)ccc3Cl)c3c2NCCCC3)c1. The minimum atomic E-state index is -4.42. The monoisotopic (exact) mass is 425 g/mol. The maximum Gasteiger partial charge on any atom is 0.416 e. The fourth-order valence-electron chi connectivity index (χ4n) is 3.40. The van der Waals surface area contributed by atoms with Crippen LogP contribution in [0.5, 0.6) is 0 Å². The minimum absolute atomic E-state index is 0.338. The summed E-state index contributed by atoms with van der Waals surface area (Å²) in [6.45, 7) is 0.723. The molecule has 28 heavy (non-hydrogen) atoms. The molecule has 0 amide bonds. The van der Waals surface area contributed by atoms with Crippen molar-refractivity contribution in [1.82, 2.24) is 9.78 Å². The Balaban J connectivity index is 1.92. The van der Waals surface area contributed by atoms with E-state index in [-0.39, 0.29) is 0 Å². The number of hydrogen-bond donors (Lipinski definition) is 1. The van der Waals surface area contributed by atoms with Gasteiger partial charge in [0.25, 0.3) is 0 Å². The van der Waals surface area contributed by atoms with Gasteiger partial charge in [0.05, 0.1) is 22.0 Å². The van der Waals surface area contributed by atoms with Crippen LogP contribution in [0.1, 0.15) is 24.0 Å². The van der Waals surface area contributed by atoms with E-state index in [0.717, 1.165) is 43.5 Å². The number of benzene rings is 2. The molecular weight excluding hydrogens is 410 g/mol. The molecule has 0 unspecified atom stereocenters. The topological polar surface area (TPSA) is 29.9 Å². The van der Waals surface area contributed by atoms with Gasteiger partial charge in [0, 0.05) is 22.7 Å². The molecule has 3 nitrogen and oxygen atoms in total. The van der Waals surface area contributed by atoms with E-state index in [1.54, 1.807) is 24.3 Å². The summed E-state index contributed by atoms with van der Waals surface area (Å²) in [7, 11) is 0. The first-order chi connectivity index (χ1) is 13.3. The molecule has 8 heteroatoms. The number of alkyl halides is 3. The van der Waals surface area contributed by atoms with Crippen LogP contribution in [0.25, 0.3) is 16.9 Å². The van der Waals surface area contributed by atoms with Crippen molar-refractivity contribution in [3.05, 3.63) is 63.6 Å². The maximum atomic E-state index is 13.2. The number of hydrogen-bond acceptors (Lipinski definition) is 2. The van der Waals surface area contributed by atoms with Crippen LogP contribution in [0.15, 0.2) is 42.5 Å². The molecule has 2 heterocycles. The molecule has 1 aliphatic heterocycles. The lowest BCUT2D eigenvalue weighted by atomic mass is 10.0. The van der Waals surface area contributed by atoms with E-state index in [1.165, 1.54) is 10.7 Å². The standard InChI is InChI=1S/C20H16Cl2F3N3/c21-13-7-8-17(22)16(11-13)18-15-6-1-2-9-26-19(15)28(27-18)14-5-3-4-12(10-14)20(23,24)25/h3-5,7-8,10-11,26H,1-2,6,9H2. The molecular formula is C20H16Cl2F3N3. The molecule has 0 fully saturated rings. The molecule has 1 N–H and O–H groups in total. The van der Waals surface area contributed by atoms with E-state index >= 15 is 0 Å². The number of fused-ring (bicyclic) bond motifs is 1. The van der Waals surface area contributed by atoms with Crippen LogP contribution >= 0.6 is 23.2 Å². The lowest BCUT2D eigenvalue weighted by Gasteiger charge is -2.12. The minimum Gasteiger partial charge on any atom is -0.370 e. The Bertz CT molecular complexity index is 1030. The lowest BCUT2D eigenvalue weighted by Crippen LogP contribution is -2.09. The smallest absolute Gasteiger partial charge is 0.370 e. The summed E-state index contributed by atoms with van der Waals surface area (Å²) < 4.78 is 41.1. The van der Waals surface area contributed by atoms with E-state index in [4.69, 9.17) is 23.2 Å². The van der Waals surface area contributed by atoms with Gasteiger partial charge in [-0.2, -0.15) is 18.3 Å². The third-order valence-corrected chi connectivity index (χ3v) is 5.30. The summed E-state index contributed by atoms with van der Waals surface area (Å²) in [4.78, 5) is 0. The molecule has 0 saturated heterocycles. The van der Waals surface area contributed by atoms with Gasteiger partial charge in [0.1, 0.15) is 5.82 Å². The fraction of sp³-hybridized carbons (Fsp3) is 0.250. The molecule has 3 aromatic rings. The van der Waals surface area contributed by atoms with E-state index in [9.17, 15) is 13.2 Å². The van der Waals surface area contributed by atoms with Gasteiger partial charge >= 0.3 is 6.18 Å². The van der Waals surface area contributed by atoms with Crippen molar-refractivity contribution < 1.29 is 13.2 Å². The van der Waals surface area contributed by atoms with Gasteiger partial charge in [-0.3, -0.25) is 0 Å². The van der Waals surface area contributed by atoms with Crippen molar-refractivity contribution >= 4 is 29.0 Å². The molecule has 146 valence electrons. The van der Waals surface area contributed by atoms with E-state index in [1.807, 2.05) is 0 Å². The van der Waals surface area contributed by atoms with Gasteiger partial charge in [0.15, 0.2) is 0 Å². The quantitative estimate of drug-likeness (QED) is 0.500. The first kappa shape index (κ1) is 19.2. The molecule has 0 spiro atoms. The Morgan fingerprint density at radius 3 is 2.64 bits per heavy atom. The van der Waals surface area contributed by atoms with E-state index in [2.05, 4.69) is 10.4 Å². The predicted octanol–water partition coefficient (Wildman–Crippen LogP) is 6.61. The maximum absolute atomic E-state index is 13.2. The second kappa shape index (κ2) is 7.33. The summed E-state index contributed by atoms with van der Waals surface area (Å²) in [5, 5.41) is 8.97. The highest BCUT2D eigenvalue weighted by Crippen LogP contribution is 2.39. The predicted molar refractivity (Wildman–Crippen MR) is 105 cm³/mol. The Morgan fingerprint density at radius 2 is 1.86 bits per heavy atom. The van der Waals surface area contributed by atoms with Gasteiger partial charge in [-0.1, -0.05) is 29.3 Å². The Kier molecular flexibility index (Phi) is 5.02. The average molecular weight is 426 g/mol. The number of nitrogens with one attached hydrogen (secondary N) is 1. The number of halogens is 5. The summed E-state index contributed by atoms with van der Waals surface area (Å²) in [6, 6.07) is 10.3. The van der Waals surface area contributed by atoms with Crippen molar-refractivity contribution in [2.24, 2.45) is 0 Å². The molecule has 2 aromatic carbocycles.